The molecule has 0 aliphatic carbocycles. The molecule has 3 aliphatic rings. The van der Waals surface area contributed by atoms with Crippen molar-refractivity contribution in [2.75, 3.05) is 20.3 Å². The molecule has 3 aliphatic heterocycles. The molecule has 0 bridgehead atoms. The van der Waals surface area contributed by atoms with E-state index in [-0.39, 0.29) is 30.1 Å². The highest BCUT2D eigenvalue weighted by atomic mass is 19.4. The fourth-order valence-corrected chi connectivity index (χ4v) is 4.00. The van der Waals surface area contributed by atoms with Gasteiger partial charge >= 0.3 is 18.5 Å². The van der Waals surface area contributed by atoms with Crippen LogP contribution >= 0.6 is 0 Å². The van der Waals surface area contributed by atoms with E-state index in [9.17, 15) is 31.1 Å². The summed E-state index contributed by atoms with van der Waals surface area (Å²) in [6.45, 7) is 1.29. The summed E-state index contributed by atoms with van der Waals surface area (Å²) in [7, 11) is 1.44. The van der Waals surface area contributed by atoms with Gasteiger partial charge in [-0.1, -0.05) is 0 Å². The van der Waals surface area contributed by atoms with Crippen molar-refractivity contribution in [2.24, 2.45) is 0 Å². The van der Waals surface area contributed by atoms with E-state index in [1.54, 1.807) is 0 Å². The van der Waals surface area contributed by atoms with Crippen LogP contribution in [0.4, 0.5) is 26.3 Å². The molecule has 2 saturated heterocycles. The quantitative estimate of drug-likeness (QED) is 0.480. The minimum Gasteiger partial charge on any atom is -0.475 e. The number of benzene rings is 1. The van der Waals surface area contributed by atoms with Crippen LogP contribution in [0.5, 0.6) is 11.5 Å². The van der Waals surface area contributed by atoms with Crippen molar-refractivity contribution in [1.29, 1.82) is 0 Å². The van der Waals surface area contributed by atoms with Crippen LogP contribution in [0.2, 0.25) is 0 Å². The monoisotopic (exact) mass is 484 g/mol. The average Bonchev–Trinajstić information content (AvgIpc) is 3.27. The van der Waals surface area contributed by atoms with E-state index in [1.165, 1.54) is 14.0 Å². The lowest BCUT2D eigenvalue weighted by atomic mass is 9.98. The van der Waals surface area contributed by atoms with Gasteiger partial charge in [0, 0.05) is 12.7 Å². The Morgan fingerprint density at radius 3 is 2.27 bits per heavy atom. The molecule has 4 rings (SSSR count). The zero-order chi connectivity index (χ0) is 24.1. The smallest absolute Gasteiger partial charge is 0.475 e. The van der Waals surface area contributed by atoms with Crippen LogP contribution in [-0.2, 0) is 23.7 Å². The highest BCUT2D eigenvalue weighted by Crippen LogP contribution is 2.42. The van der Waals surface area contributed by atoms with E-state index in [2.05, 4.69) is 4.74 Å². The number of rotatable bonds is 4. The summed E-state index contributed by atoms with van der Waals surface area (Å²) >= 11 is 0. The van der Waals surface area contributed by atoms with Crippen LogP contribution in [0.15, 0.2) is 17.7 Å². The molecular weight excluding hydrogens is 466 g/mol. The average molecular weight is 484 g/mol. The number of hydrogen-bond acceptors (Lipinski definition) is 7. The van der Waals surface area contributed by atoms with E-state index in [1.807, 2.05) is 0 Å². The zero-order valence-electron chi connectivity index (χ0n) is 17.2. The number of aryl methyl sites for hydroxylation is 1. The Labute approximate surface area is 183 Å². The number of carbonyl (C=O) groups is 1. The maximum atomic E-state index is 13.7. The van der Waals surface area contributed by atoms with Gasteiger partial charge in [-0.3, -0.25) is 0 Å². The predicted octanol–water partition coefficient (Wildman–Crippen LogP) is 3.32. The lowest BCUT2D eigenvalue weighted by molar-refractivity contribution is -0.274. The van der Waals surface area contributed by atoms with E-state index < -0.39 is 60.4 Å². The van der Waals surface area contributed by atoms with Crippen LogP contribution in [0.3, 0.4) is 0 Å². The number of ether oxygens (including phenoxy) is 6. The maximum Gasteiger partial charge on any atom is 0.573 e. The van der Waals surface area contributed by atoms with Gasteiger partial charge in [0.1, 0.15) is 29.8 Å². The molecule has 3 heterocycles. The lowest BCUT2D eigenvalue weighted by Crippen LogP contribution is -2.42. The van der Waals surface area contributed by atoms with Crippen molar-refractivity contribution in [3.8, 4) is 11.5 Å². The number of esters is 1. The van der Waals surface area contributed by atoms with Crippen LogP contribution in [0.25, 0.3) is 6.08 Å². The first kappa shape index (κ1) is 23.6. The number of alkyl halides is 6. The van der Waals surface area contributed by atoms with Crippen molar-refractivity contribution in [2.45, 2.75) is 50.0 Å². The molecule has 7 nitrogen and oxygen atoms in total. The lowest BCUT2D eigenvalue weighted by Gasteiger charge is -2.30. The van der Waals surface area contributed by atoms with Crippen molar-refractivity contribution in [3.63, 3.8) is 0 Å². The fourth-order valence-electron chi connectivity index (χ4n) is 4.00. The van der Waals surface area contributed by atoms with Crippen molar-refractivity contribution < 1.29 is 59.6 Å². The minimum atomic E-state index is -5.02. The van der Waals surface area contributed by atoms with Crippen LogP contribution in [-0.4, -0.2) is 69.4 Å². The summed E-state index contributed by atoms with van der Waals surface area (Å²) in [5.41, 5.74) is -1.16. The van der Waals surface area contributed by atoms with Gasteiger partial charge < -0.3 is 28.4 Å². The van der Waals surface area contributed by atoms with E-state index in [0.29, 0.717) is 0 Å². The normalized spacial score (nSPS) is 29.1. The second-order valence-corrected chi connectivity index (χ2v) is 7.66. The largest absolute Gasteiger partial charge is 0.573 e. The SMILES string of the molecule is CO[C@@H]1CO[C@H]2[C@@H]1OC[C@@H]2OC(=O)C1=Cc2cc(OC(F)(F)F)cc(C)c2O[C@@H]1C(F)(F)F. The Morgan fingerprint density at radius 1 is 1.03 bits per heavy atom. The maximum absolute atomic E-state index is 13.7. The molecule has 33 heavy (non-hydrogen) atoms. The summed E-state index contributed by atoms with van der Waals surface area (Å²) in [5.74, 6) is -2.36. The first-order valence-electron chi connectivity index (χ1n) is 9.69. The molecule has 13 heteroatoms. The first-order valence-corrected chi connectivity index (χ1v) is 9.69. The topological polar surface area (TPSA) is 72.5 Å². The Kier molecular flexibility index (Phi) is 5.99. The number of halogens is 6. The number of methoxy groups -OCH3 is 1. The van der Waals surface area contributed by atoms with Crippen LogP contribution in [0.1, 0.15) is 11.1 Å². The molecule has 0 saturated carbocycles. The molecule has 1 aromatic rings. The van der Waals surface area contributed by atoms with Crippen LogP contribution < -0.4 is 9.47 Å². The van der Waals surface area contributed by atoms with E-state index in [0.717, 1.165) is 18.2 Å². The molecule has 0 aromatic heterocycles. The van der Waals surface area contributed by atoms with Gasteiger partial charge in [-0.05, 0) is 30.7 Å². The molecule has 0 amide bonds. The molecular formula is C20H18F6O7. The number of fused-ring (bicyclic) bond motifs is 2. The zero-order valence-corrected chi connectivity index (χ0v) is 17.2. The van der Waals surface area contributed by atoms with Gasteiger partial charge in [0.2, 0.25) is 6.10 Å². The molecule has 5 atom stereocenters. The predicted molar refractivity (Wildman–Crippen MR) is 96.5 cm³/mol. The van der Waals surface area contributed by atoms with Crippen LogP contribution in [0, 0.1) is 6.92 Å². The molecule has 0 spiro atoms. The van der Waals surface area contributed by atoms with Crippen molar-refractivity contribution in [1.82, 2.24) is 0 Å². The summed E-state index contributed by atoms with van der Waals surface area (Å²) in [4.78, 5) is 12.7. The van der Waals surface area contributed by atoms with E-state index in [4.69, 9.17) is 23.7 Å². The summed E-state index contributed by atoms with van der Waals surface area (Å²) < 4.78 is 109. The molecule has 1 aromatic carbocycles. The molecule has 182 valence electrons. The summed E-state index contributed by atoms with van der Waals surface area (Å²) in [6, 6.07) is 1.71. The van der Waals surface area contributed by atoms with Crippen molar-refractivity contribution >= 4 is 12.0 Å². The Hall–Kier alpha value is -2.51. The van der Waals surface area contributed by atoms with Gasteiger partial charge in [0.25, 0.3) is 0 Å². The number of carbonyl (C=O) groups excluding carboxylic acids is 1. The van der Waals surface area contributed by atoms with E-state index >= 15 is 0 Å². The Balaban J connectivity index is 1.62. The number of hydrogen-bond donors (Lipinski definition) is 0. The van der Waals surface area contributed by atoms with Gasteiger partial charge in [-0.25, -0.2) is 4.79 Å². The third kappa shape index (κ3) is 4.75. The summed E-state index contributed by atoms with van der Waals surface area (Å²) in [6.07, 6.45) is -14.6. The van der Waals surface area contributed by atoms with Crippen molar-refractivity contribution in [3.05, 3.63) is 28.8 Å². The minimum absolute atomic E-state index is 0.0401. The van der Waals surface area contributed by atoms with Gasteiger partial charge in [-0.15, -0.1) is 13.2 Å². The fraction of sp³-hybridized carbons (Fsp3) is 0.550. The molecule has 0 N–H and O–H groups in total. The second-order valence-electron chi connectivity index (χ2n) is 7.66. The highest BCUT2D eigenvalue weighted by Gasteiger charge is 2.53. The second kappa shape index (κ2) is 8.37. The van der Waals surface area contributed by atoms with Gasteiger partial charge in [-0.2, -0.15) is 13.2 Å². The third-order valence-corrected chi connectivity index (χ3v) is 5.40. The first-order chi connectivity index (χ1) is 15.4. The van der Waals surface area contributed by atoms with Gasteiger partial charge in [0.05, 0.1) is 18.8 Å². The third-order valence-electron chi connectivity index (χ3n) is 5.40. The highest BCUT2D eigenvalue weighted by molar-refractivity contribution is 5.96. The van der Waals surface area contributed by atoms with Gasteiger partial charge in [0.15, 0.2) is 6.10 Å². The Bertz CT molecular complexity index is 957. The Morgan fingerprint density at radius 2 is 1.67 bits per heavy atom. The molecule has 2 fully saturated rings. The summed E-state index contributed by atoms with van der Waals surface area (Å²) in [5, 5.41) is 0. The molecule has 0 radical (unpaired) electrons. The molecule has 0 unspecified atom stereocenters. The standard InChI is InChI=1S/C20H18F6O7/c1-8-3-10(33-20(24,25)26)4-9-5-11(17(19(21,22)23)32-14(8)9)18(27)31-13-7-30-15-12(28-2)6-29-16(13)15/h3-5,12-13,15-17H,6-7H2,1-2H3/t12-,13+,15-,16-,17+/m1/s1.